The minimum absolute atomic E-state index is 0.243. The fraction of sp³-hybridized carbons (Fsp3) is 0. The molecule has 0 atom stereocenters. The van der Waals surface area contributed by atoms with E-state index in [4.69, 9.17) is 5.73 Å². The second kappa shape index (κ2) is 2.71. The first-order valence-electron chi connectivity index (χ1n) is 3.31. The number of thiophene rings is 1. The van der Waals surface area contributed by atoms with E-state index in [0.717, 1.165) is 14.6 Å². The highest BCUT2D eigenvalue weighted by Gasteiger charge is 2.04. The lowest BCUT2D eigenvalue weighted by atomic mass is 10.2. The quantitative estimate of drug-likeness (QED) is 0.757. The molecule has 0 bridgehead atoms. The number of halogens is 2. The van der Waals surface area contributed by atoms with Crippen LogP contribution in [0.1, 0.15) is 0 Å². The smallest absolute Gasteiger partial charge is 0.125 e. The Balaban J connectivity index is 2.88. The summed E-state index contributed by atoms with van der Waals surface area (Å²) in [5.74, 6) is -0.243. The molecule has 0 saturated carbocycles. The van der Waals surface area contributed by atoms with Crippen LogP contribution < -0.4 is 5.73 Å². The number of fused-ring (bicyclic) bond motifs is 1. The first-order valence-corrected chi connectivity index (χ1v) is 4.92. The van der Waals surface area contributed by atoms with E-state index in [9.17, 15) is 4.39 Å². The lowest BCUT2D eigenvalue weighted by molar-refractivity contribution is 0.629. The predicted octanol–water partition coefficient (Wildman–Crippen LogP) is 3.39. The Morgan fingerprint density at radius 2 is 2.08 bits per heavy atom. The Morgan fingerprint density at radius 3 is 2.83 bits per heavy atom. The Labute approximate surface area is 81.1 Å². The summed E-state index contributed by atoms with van der Waals surface area (Å²) in [5, 5.41) is 1.56. The molecule has 1 nitrogen and oxygen atoms in total. The zero-order chi connectivity index (χ0) is 8.72. The number of nitrogens with two attached hydrogens (primary N) is 1. The molecule has 0 saturated heterocycles. The van der Waals surface area contributed by atoms with Gasteiger partial charge in [-0.25, -0.2) is 4.39 Å². The van der Waals surface area contributed by atoms with E-state index < -0.39 is 0 Å². The second-order valence-corrected chi connectivity index (χ2v) is 4.39. The van der Waals surface area contributed by atoms with Crippen molar-refractivity contribution in [3.63, 3.8) is 0 Å². The number of nitrogen functional groups attached to an aromatic ring is 1. The molecule has 1 aromatic carbocycles. The van der Waals surface area contributed by atoms with Gasteiger partial charge in [0.15, 0.2) is 0 Å². The van der Waals surface area contributed by atoms with Crippen molar-refractivity contribution >= 4 is 42.4 Å². The maximum atomic E-state index is 12.8. The summed E-state index contributed by atoms with van der Waals surface area (Å²) in [4.78, 5) is 0. The third-order valence-corrected chi connectivity index (χ3v) is 3.46. The number of hydrogen-bond acceptors (Lipinski definition) is 2. The van der Waals surface area contributed by atoms with Gasteiger partial charge in [0.2, 0.25) is 0 Å². The van der Waals surface area contributed by atoms with Crippen LogP contribution in [0.3, 0.4) is 0 Å². The summed E-state index contributed by atoms with van der Waals surface area (Å²) in [5.41, 5.74) is 5.58. The summed E-state index contributed by atoms with van der Waals surface area (Å²) in [7, 11) is 0. The van der Waals surface area contributed by atoms with Crippen molar-refractivity contribution in [2.24, 2.45) is 0 Å². The van der Waals surface area contributed by atoms with Crippen molar-refractivity contribution in [3.05, 3.63) is 28.5 Å². The molecule has 0 amide bonds. The average Bonchev–Trinajstić information content (AvgIpc) is 2.29. The molecular formula is C8H5BrFNS. The van der Waals surface area contributed by atoms with E-state index in [-0.39, 0.29) is 5.82 Å². The maximum Gasteiger partial charge on any atom is 0.125 e. The third-order valence-electron chi connectivity index (χ3n) is 1.55. The molecular weight excluding hydrogens is 241 g/mol. The van der Waals surface area contributed by atoms with Crippen LogP contribution in [0.5, 0.6) is 0 Å². The first kappa shape index (κ1) is 8.01. The minimum atomic E-state index is -0.243. The van der Waals surface area contributed by atoms with Crippen LogP contribution in [0.2, 0.25) is 0 Å². The van der Waals surface area contributed by atoms with Crippen LogP contribution in [-0.4, -0.2) is 0 Å². The monoisotopic (exact) mass is 245 g/mol. The average molecular weight is 246 g/mol. The van der Waals surface area contributed by atoms with Crippen molar-refractivity contribution in [3.8, 4) is 0 Å². The standard InChI is InChI=1S/C8H5BrFNS/c9-6-3-5(10)1-4-2-7(11)12-8(4)6/h1-3H,11H2. The van der Waals surface area contributed by atoms with Crippen molar-refractivity contribution < 1.29 is 4.39 Å². The van der Waals surface area contributed by atoms with E-state index in [0.29, 0.717) is 5.00 Å². The largest absolute Gasteiger partial charge is 0.391 e. The summed E-state index contributed by atoms with van der Waals surface area (Å²) < 4.78 is 14.6. The van der Waals surface area contributed by atoms with E-state index >= 15 is 0 Å². The van der Waals surface area contributed by atoms with Crippen LogP contribution in [-0.2, 0) is 0 Å². The van der Waals surface area contributed by atoms with E-state index in [1.54, 1.807) is 6.07 Å². The van der Waals surface area contributed by atoms with E-state index in [2.05, 4.69) is 15.9 Å². The Bertz CT molecular complexity index is 438. The zero-order valence-corrected chi connectivity index (χ0v) is 8.38. The van der Waals surface area contributed by atoms with Gasteiger partial charge in [-0.3, -0.25) is 0 Å². The Morgan fingerprint density at radius 1 is 1.33 bits per heavy atom. The van der Waals surface area contributed by atoms with Gasteiger partial charge in [-0.05, 0) is 39.5 Å². The van der Waals surface area contributed by atoms with Gasteiger partial charge in [0, 0.05) is 4.47 Å². The van der Waals surface area contributed by atoms with Crippen molar-refractivity contribution in [2.45, 2.75) is 0 Å². The van der Waals surface area contributed by atoms with Gasteiger partial charge in [0.25, 0.3) is 0 Å². The summed E-state index contributed by atoms with van der Waals surface area (Å²) in [6, 6.07) is 4.69. The fourth-order valence-electron chi connectivity index (χ4n) is 1.10. The summed E-state index contributed by atoms with van der Waals surface area (Å²) >= 11 is 4.73. The van der Waals surface area contributed by atoms with Crippen LogP contribution in [0.4, 0.5) is 9.39 Å². The van der Waals surface area contributed by atoms with Crippen molar-refractivity contribution in [2.75, 3.05) is 5.73 Å². The highest BCUT2D eigenvalue weighted by Crippen LogP contribution is 2.34. The molecule has 0 aliphatic rings. The molecule has 2 N–H and O–H groups in total. The molecule has 62 valence electrons. The van der Waals surface area contributed by atoms with Gasteiger partial charge in [0.1, 0.15) is 5.82 Å². The Hall–Kier alpha value is -0.610. The second-order valence-electron chi connectivity index (χ2n) is 2.45. The molecule has 2 rings (SSSR count). The molecule has 0 spiro atoms. The molecule has 0 fully saturated rings. The molecule has 4 heteroatoms. The lowest BCUT2D eigenvalue weighted by Gasteiger charge is -1.92. The highest BCUT2D eigenvalue weighted by atomic mass is 79.9. The topological polar surface area (TPSA) is 26.0 Å². The molecule has 12 heavy (non-hydrogen) atoms. The maximum absolute atomic E-state index is 12.8. The summed E-state index contributed by atoms with van der Waals surface area (Å²) in [6.45, 7) is 0. The van der Waals surface area contributed by atoms with Crippen LogP contribution in [0.15, 0.2) is 22.7 Å². The number of hydrogen-bond donors (Lipinski definition) is 1. The van der Waals surface area contributed by atoms with Gasteiger partial charge in [-0.2, -0.15) is 0 Å². The third kappa shape index (κ3) is 1.21. The molecule has 0 radical (unpaired) electrons. The predicted molar refractivity (Wildman–Crippen MR) is 53.9 cm³/mol. The van der Waals surface area contributed by atoms with Crippen LogP contribution >= 0.6 is 27.3 Å². The van der Waals surface area contributed by atoms with Crippen molar-refractivity contribution in [1.82, 2.24) is 0 Å². The minimum Gasteiger partial charge on any atom is -0.391 e. The molecule has 0 aliphatic heterocycles. The zero-order valence-electron chi connectivity index (χ0n) is 5.97. The summed E-state index contributed by atoms with van der Waals surface area (Å²) in [6.07, 6.45) is 0. The van der Waals surface area contributed by atoms with Gasteiger partial charge >= 0.3 is 0 Å². The number of anilines is 1. The first-order chi connectivity index (χ1) is 5.66. The van der Waals surface area contributed by atoms with Gasteiger partial charge in [-0.15, -0.1) is 11.3 Å². The molecule has 0 unspecified atom stereocenters. The fourth-order valence-corrected chi connectivity index (χ4v) is 2.60. The van der Waals surface area contributed by atoms with Crippen molar-refractivity contribution in [1.29, 1.82) is 0 Å². The highest BCUT2D eigenvalue weighted by molar-refractivity contribution is 9.10. The lowest BCUT2D eigenvalue weighted by Crippen LogP contribution is -1.73. The molecule has 0 aliphatic carbocycles. The normalized spacial score (nSPS) is 10.8. The number of benzene rings is 1. The van der Waals surface area contributed by atoms with Crippen LogP contribution in [0.25, 0.3) is 10.1 Å². The molecule has 1 heterocycles. The molecule has 1 aromatic heterocycles. The Kier molecular flexibility index (Phi) is 1.81. The van der Waals surface area contributed by atoms with E-state index in [1.165, 1.54) is 23.5 Å². The SMILES string of the molecule is Nc1cc2cc(F)cc(Br)c2s1. The molecule has 2 aromatic rings. The van der Waals surface area contributed by atoms with Gasteiger partial charge in [-0.1, -0.05) is 0 Å². The van der Waals surface area contributed by atoms with E-state index in [1.807, 2.05) is 0 Å². The number of rotatable bonds is 0. The van der Waals surface area contributed by atoms with Crippen LogP contribution in [0, 0.1) is 5.82 Å². The van der Waals surface area contributed by atoms with Gasteiger partial charge < -0.3 is 5.73 Å². The van der Waals surface area contributed by atoms with Gasteiger partial charge in [0.05, 0.1) is 9.70 Å².